The van der Waals surface area contributed by atoms with Crippen molar-refractivity contribution < 1.29 is 0 Å². The van der Waals surface area contributed by atoms with Crippen molar-refractivity contribution in [2.24, 2.45) is 0 Å². The molecule has 0 atom stereocenters. The Hall–Kier alpha value is -0.220. The zero-order valence-electron chi connectivity index (χ0n) is 5.87. The van der Waals surface area contributed by atoms with Gasteiger partial charge >= 0.3 is 0 Å². The third-order valence-corrected chi connectivity index (χ3v) is 1.34. The van der Waals surface area contributed by atoms with Gasteiger partial charge in [-0.05, 0) is 25.8 Å². The number of allylic oxidation sites excluding steroid dienone is 2. The fourth-order valence-electron chi connectivity index (χ4n) is 0.519. The molecule has 0 saturated carbocycles. The summed E-state index contributed by atoms with van der Waals surface area (Å²) < 4.78 is 0. The Bertz CT molecular complexity index is 146. The van der Waals surface area contributed by atoms with Crippen molar-refractivity contribution in [3.8, 4) is 11.8 Å². The molecule has 0 nitrogen and oxygen atoms in total. The highest BCUT2D eigenvalue weighted by Gasteiger charge is 1.78. The normalized spacial score (nSPS) is 10.3. The Morgan fingerprint density at radius 2 is 2.33 bits per heavy atom. The molecule has 0 bridgehead atoms. The molecule has 0 unspecified atom stereocenters. The van der Waals surface area contributed by atoms with Gasteiger partial charge in [-0.3, -0.25) is 0 Å². The second kappa shape index (κ2) is 5.91. The molecule has 0 aromatic carbocycles. The number of alkyl halides is 1. The first-order valence-corrected chi connectivity index (χ1v) is 4.09. The van der Waals surface area contributed by atoms with Crippen molar-refractivity contribution in [1.82, 2.24) is 0 Å². The molecule has 0 spiro atoms. The van der Waals surface area contributed by atoms with E-state index in [2.05, 4.69) is 33.8 Å². The summed E-state index contributed by atoms with van der Waals surface area (Å²) in [5.74, 6) is 5.81. The minimum Gasteiger partial charge on any atom is -0.102 e. The maximum absolute atomic E-state index is 3.34. The summed E-state index contributed by atoms with van der Waals surface area (Å²) in [5, 5.41) is 1.02. The van der Waals surface area contributed by atoms with E-state index in [1.165, 1.54) is 0 Å². The SMILES string of the molecule is CC#C/C(C)=C/CCBr. The minimum atomic E-state index is 1.02. The molecule has 0 aliphatic rings. The highest BCUT2D eigenvalue weighted by Crippen LogP contribution is 1.95. The van der Waals surface area contributed by atoms with Crippen LogP contribution in [-0.2, 0) is 0 Å². The van der Waals surface area contributed by atoms with Gasteiger partial charge in [0.1, 0.15) is 0 Å². The molecule has 0 aromatic rings. The molecule has 9 heavy (non-hydrogen) atoms. The molecule has 0 fully saturated rings. The van der Waals surface area contributed by atoms with Gasteiger partial charge in [0, 0.05) is 5.33 Å². The van der Waals surface area contributed by atoms with Crippen molar-refractivity contribution >= 4 is 15.9 Å². The van der Waals surface area contributed by atoms with Gasteiger partial charge in [-0.2, -0.15) is 0 Å². The lowest BCUT2D eigenvalue weighted by atomic mass is 10.2. The van der Waals surface area contributed by atoms with E-state index in [1.807, 2.05) is 13.8 Å². The van der Waals surface area contributed by atoms with Crippen LogP contribution in [0.1, 0.15) is 20.3 Å². The van der Waals surface area contributed by atoms with E-state index in [9.17, 15) is 0 Å². The van der Waals surface area contributed by atoms with Gasteiger partial charge in [0.25, 0.3) is 0 Å². The Balaban J connectivity index is 3.65. The molecular formula is C8H11Br. The summed E-state index contributed by atoms with van der Waals surface area (Å²) in [4.78, 5) is 0. The van der Waals surface area contributed by atoms with Crippen molar-refractivity contribution in [2.45, 2.75) is 20.3 Å². The summed E-state index contributed by atoms with van der Waals surface area (Å²) >= 11 is 3.34. The highest BCUT2D eigenvalue weighted by molar-refractivity contribution is 9.09. The van der Waals surface area contributed by atoms with Gasteiger partial charge in [-0.15, -0.1) is 5.92 Å². The summed E-state index contributed by atoms with van der Waals surface area (Å²) in [6.07, 6.45) is 3.20. The van der Waals surface area contributed by atoms with Crippen LogP contribution < -0.4 is 0 Å². The smallest absolute Gasteiger partial charge is 0.00663 e. The van der Waals surface area contributed by atoms with Crippen LogP contribution in [0, 0.1) is 11.8 Å². The first kappa shape index (κ1) is 8.78. The van der Waals surface area contributed by atoms with Crippen LogP contribution in [0.25, 0.3) is 0 Å². The van der Waals surface area contributed by atoms with E-state index in [4.69, 9.17) is 0 Å². The fraction of sp³-hybridized carbons (Fsp3) is 0.500. The van der Waals surface area contributed by atoms with E-state index in [1.54, 1.807) is 0 Å². The van der Waals surface area contributed by atoms with Gasteiger partial charge in [-0.1, -0.05) is 27.9 Å². The number of hydrogen-bond acceptors (Lipinski definition) is 0. The molecule has 0 amide bonds. The summed E-state index contributed by atoms with van der Waals surface area (Å²) in [7, 11) is 0. The first-order valence-electron chi connectivity index (χ1n) is 2.96. The monoisotopic (exact) mass is 186 g/mol. The van der Waals surface area contributed by atoms with Crippen LogP contribution in [0.2, 0.25) is 0 Å². The van der Waals surface area contributed by atoms with E-state index in [0.29, 0.717) is 0 Å². The maximum atomic E-state index is 3.34. The maximum Gasteiger partial charge on any atom is 0.00663 e. The van der Waals surface area contributed by atoms with Crippen LogP contribution in [-0.4, -0.2) is 5.33 Å². The average Bonchev–Trinajstić information content (AvgIpc) is 1.85. The quantitative estimate of drug-likeness (QED) is 0.460. The van der Waals surface area contributed by atoms with Gasteiger partial charge in [0.15, 0.2) is 0 Å². The number of halogens is 1. The number of rotatable bonds is 2. The molecule has 0 rings (SSSR count). The lowest BCUT2D eigenvalue weighted by Crippen LogP contribution is -1.71. The molecule has 0 aromatic heterocycles. The summed E-state index contributed by atoms with van der Waals surface area (Å²) in [6.45, 7) is 3.88. The lowest BCUT2D eigenvalue weighted by Gasteiger charge is -1.84. The van der Waals surface area contributed by atoms with Gasteiger partial charge in [0.05, 0.1) is 0 Å². The van der Waals surface area contributed by atoms with E-state index >= 15 is 0 Å². The van der Waals surface area contributed by atoms with Crippen LogP contribution >= 0.6 is 15.9 Å². The topological polar surface area (TPSA) is 0 Å². The van der Waals surface area contributed by atoms with Crippen LogP contribution in [0.15, 0.2) is 11.6 Å². The average molecular weight is 187 g/mol. The molecule has 0 aliphatic heterocycles. The molecule has 0 heterocycles. The number of hydrogen-bond donors (Lipinski definition) is 0. The van der Waals surface area contributed by atoms with Crippen molar-refractivity contribution in [3.63, 3.8) is 0 Å². The van der Waals surface area contributed by atoms with E-state index in [-0.39, 0.29) is 0 Å². The Morgan fingerprint density at radius 3 is 2.78 bits per heavy atom. The second-order valence-corrected chi connectivity index (χ2v) is 2.53. The molecule has 0 aliphatic carbocycles. The Kier molecular flexibility index (Phi) is 5.76. The molecular weight excluding hydrogens is 176 g/mol. The predicted octanol–water partition coefficient (Wildman–Crippen LogP) is 2.74. The first-order chi connectivity index (χ1) is 4.31. The van der Waals surface area contributed by atoms with Crippen LogP contribution in [0.3, 0.4) is 0 Å². The molecule has 50 valence electrons. The van der Waals surface area contributed by atoms with Crippen molar-refractivity contribution in [1.29, 1.82) is 0 Å². The fourth-order valence-corrected chi connectivity index (χ4v) is 0.748. The molecule has 1 heteroatoms. The lowest BCUT2D eigenvalue weighted by molar-refractivity contribution is 1.23. The highest BCUT2D eigenvalue weighted by atomic mass is 79.9. The third-order valence-electron chi connectivity index (χ3n) is 0.882. The molecule has 0 radical (unpaired) electrons. The van der Waals surface area contributed by atoms with Gasteiger partial charge in [0.2, 0.25) is 0 Å². The summed E-state index contributed by atoms with van der Waals surface area (Å²) in [5.41, 5.74) is 1.16. The Morgan fingerprint density at radius 1 is 1.67 bits per heavy atom. The predicted molar refractivity (Wildman–Crippen MR) is 45.6 cm³/mol. The second-order valence-electron chi connectivity index (χ2n) is 1.74. The van der Waals surface area contributed by atoms with Crippen LogP contribution in [0.4, 0.5) is 0 Å². The molecule has 0 saturated heterocycles. The van der Waals surface area contributed by atoms with Crippen molar-refractivity contribution in [2.75, 3.05) is 5.33 Å². The van der Waals surface area contributed by atoms with E-state index in [0.717, 1.165) is 17.3 Å². The summed E-state index contributed by atoms with van der Waals surface area (Å²) in [6, 6.07) is 0. The zero-order chi connectivity index (χ0) is 7.11. The zero-order valence-corrected chi connectivity index (χ0v) is 7.46. The van der Waals surface area contributed by atoms with E-state index < -0.39 is 0 Å². The Labute approximate surface area is 65.5 Å². The van der Waals surface area contributed by atoms with Crippen LogP contribution in [0.5, 0.6) is 0 Å². The standard InChI is InChI=1S/C8H11Br/c1-3-5-8(2)6-4-7-9/h6H,4,7H2,1-2H3/b8-6+. The largest absolute Gasteiger partial charge is 0.102 e. The van der Waals surface area contributed by atoms with Gasteiger partial charge in [-0.25, -0.2) is 0 Å². The van der Waals surface area contributed by atoms with Crippen molar-refractivity contribution in [3.05, 3.63) is 11.6 Å². The minimum absolute atomic E-state index is 1.02. The third kappa shape index (κ3) is 5.65. The molecule has 0 N–H and O–H groups in total. The van der Waals surface area contributed by atoms with Gasteiger partial charge < -0.3 is 0 Å².